The molecule has 0 bridgehead atoms. The second-order valence-corrected chi connectivity index (χ2v) is 6.97. The van der Waals surface area contributed by atoms with Crippen LogP contribution < -0.4 is 5.43 Å². The van der Waals surface area contributed by atoms with E-state index in [9.17, 15) is 9.59 Å². The summed E-state index contributed by atoms with van der Waals surface area (Å²) in [7, 11) is 0. The molecule has 138 valence electrons. The van der Waals surface area contributed by atoms with E-state index in [1.165, 1.54) is 24.3 Å². The number of hydrogen-bond acceptors (Lipinski definition) is 4. The zero-order chi connectivity index (χ0) is 19.5. The van der Waals surface area contributed by atoms with Gasteiger partial charge in [-0.2, -0.15) is 5.10 Å². The summed E-state index contributed by atoms with van der Waals surface area (Å²) in [6.07, 6.45) is 1.62. The summed E-state index contributed by atoms with van der Waals surface area (Å²) >= 11 is 1.62. The maximum atomic E-state index is 12.3. The fourth-order valence-electron chi connectivity index (χ4n) is 2.90. The second-order valence-electron chi connectivity index (χ2n) is 6.02. The fraction of sp³-hybridized carbons (Fsp3) is 0. The molecule has 2 aromatic heterocycles. The number of thiophene rings is 1. The van der Waals surface area contributed by atoms with Crippen LogP contribution in [-0.4, -0.2) is 28.2 Å². The summed E-state index contributed by atoms with van der Waals surface area (Å²) in [6, 6.07) is 17.6. The van der Waals surface area contributed by atoms with E-state index >= 15 is 0 Å². The lowest BCUT2D eigenvalue weighted by atomic mass is 10.1. The first kappa shape index (κ1) is 17.7. The monoisotopic (exact) mass is 389 g/mol. The van der Waals surface area contributed by atoms with Crippen molar-refractivity contribution in [1.82, 2.24) is 10.4 Å². The molecule has 0 saturated carbocycles. The molecule has 0 unspecified atom stereocenters. The van der Waals surface area contributed by atoms with E-state index < -0.39 is 11.9 Å². The molecule has 0 aliphatic heterocycles. The van der Waals surface area contributed by atoms with Crippen LogP contribution in [0.1, 0.15) is 26.3 Å². The lowest BCUT2D eigenvalue weighted by Gasteiger charge is -2.01. The van der Waals surface area contributed by atoms with Crippen LogP contribution in [0.5, 0.6) is 0 Å². The Morgan fingerprint density at radius 1 is 1.00 bits per heavy atom. The number of rotatable bonds is 5. The molecule has 2 aromatic carbocycles. The second kappa shape index (κ2) is 7.50. The van der Waals surface area contributed by atoms with Crippen LogP contribution in [-0.2, 0) is 0 Å². The summed E-state index contributed by atoms with van der Waals surface area (Å²) in [5, 5.41) is 16.1. The number of carbonyl (C=O) groups excluding carboxylic acids is 1. The average molecular weight is 389 g/mol. The van der Waals surface area contributed by atoms with E-state index in [0.717, 1.165) is 27.0 Å². The van der Waals surface area contributed by atoms with Gasteiger partial charge in [0.2, 0.25) is 0 Å². The molecule has 6 nitrogen and oxygen atoms in total. The van der Waals surface area contributed by atoms with Crippen LogP contribution in [0.25, 0.3) is 21.5 Å². The molecule has 0 fully saturated rings. The number of aromatic carboxylic acids is 1. The number of fused-ring (bicyclic) bond motifs is 1. The van der Waals surface area contributed by atoms with Crippen molar-refractivity contribution in [3.63, 3.8) is 0 Å². The molecule has 0 aliphatic rings. The number of benzene rings is 2. The SMILES string of the molecule is O=C(O)c1ccc(C(=O)N/N=C/c2c(-c3cccs3)[nH]c3ccccc23)cc1. The number of para-hydroxylation sites is 1. The molecule has 0 atom stereocenters. The molecule has 0 aliphatic carbocycles. The molecule has 3 N–H and O–H groups in total. The van der Waals surface area contributed by atoms with E-state index in [2.05, 4.69) is 15.5 Å². The number of H-pyrrole nitrogens is 1. The predicted octanol–water partition coefficient (Wildman–Crippen LogP) is 4.36. The number of nitrogens with one attached hydrogen (secondary N) is 2. The van der Waals surface area contributed by atoms with Crippen molar-refractivity contribution in [3.05, 3.63) is 82.7 Å². The molecule has 2 heterocycles. The van der Waals surface area contributed by atoms with Crippen LogP contribution in [0.2, 0.25) is 0 Å². The van der Waals surface area contributed by atoms with Gasteiger partial charge < -0.3 is 10.1 Å². The standard InChI is InChI=1S/C21H15N3O3S/c25-20(13-7-9-14(10-8-13)21(26)27)24-22-12-16-15-4-1-2-5-17(15)23-19(16)18-6-3-11-28-18/h1-12,23H,(H,24,25)(H,26,27)/b22-12+. The van der Waals surface area contributed by atoms with Crippen LogP contribution in [0.3, 0.4) is 0 Å². The Kier molecular flexibility index (Phi) is 4.74. The number of carboxylic acids is 1. The zero-order valence-corrected chi connectivity index (χ0v) is 15.4. The van der Waals surface area contributed by atoms with Gasteiger partial charge in [-0.25, -0.2) is 10.2 Å². The lowest BCUT2D eigenvalue weighted by Crippen LogP contribution is -2.17. The molecule has 4 aromatic rings. The van der Waals surface area contributed by atoms with Gasteiger partial charge in [0.25, 0.3) is 5.91 Å². The highest BCUT2D eigenvalue weighted by molar-refractivity contribution is 7.13. The van der Waals surface area contributed by atoms with Gasteiger partial charge in [-0.05, 0) is 41.8 Å². The third-order valence-corrected chi connectivity index (χ3v) is 5.15. The van der Waals surface area contributed by atoms with Crippen molar-refractivity contribution in [2.24, 2.45) is 5.10 Å². The Morgan fingerprint density at radius 2 is 1.75 bits per heavy atom. The van der Waals surface area contributed by atoms with E-state index in [0.29, 0.717) is 5.56 Å². The third-order valence-electron chi connectivity index (χ3n) is 4.27. The molecular weight excluding hydrogens is 374 g/mol. The normalized spacial score (nSPS) is 11.1. The van der Waals surface area contributed by atoms with Gasteiger partial charge in [0, 0.05) is 22.0 Å². The third kappa shape index (κ3) is 3.43. The number of hydrogen-bond donors (Lipinski definition) is 3. The minimum atomic E-state index is -1.04. The van der Waals surface area contributed by atoms with Gasteiger partial charge in [-0.15, -0.1) is 11.3 Å². The molecule has 0 radical (unpaired) electrons. The minimum absolute atomic E-state index is 0.124. The predicted molar refractivity (Wildman–Crippen MR) is 110 cm³/mol. The molecule has 7 heteroatoms. The Bertz CT molecular complexity index is 1180. The molecule has 4 rings (SSSR count). The summed E-state index contributed by atoms with van der Waals surface area (Å²) < 4.78 is 0. The van der Waals surface area contributed by atoms with Crippen molar-refractivity contribution in [1.29, 1.82) is 0 Å². The van der Waals surface area contributed by atoms with Gasteiger partial charge in [0.05, 0.1) is 22.3 Å². The average Bonchev–Trinajstić information content (AvgIpc) is 3.36. The van der Waals surface area contributed by atoms with E-state index in [-0.39, 0.29) is 5.56 Å². The van der Waals surface area contributed by atoms with Crippen molar-refractivity contribution >= 4 is 40.3 Å². The smallest absolute Gasteiger partial charge is 0.335 e. The maximum absolute atomic E-state index is 12.3. The number of nitrogens with zero attached hydrogens (tertiary/aromatic N) is 1. The van der Waals surface area contributed by atoms with Crippen LogP contribution in [0.15, 0.2) is 71.1 Å². The largest absolute Gasteiger partial charge is 0.478 e. The lowest BCUT2D eigenvalue weighted by molar-refractivity contribution is 0.0696. The minimum Gasteiger partial charge on any atom is -0.478 e. The highest BCUT2D eigenvalue weighted by atomic mass is 32.1. The van der Waals surface area contributed by atoms with Gasteiger partial charge in [0.1, 0.15) is 0 Å². The van der Waals surface area contributed by atoms with E-state index in [1.807, 2.05) is 41.8 Å². The molecule has 1 amide bonds. The van der Waals surface area contributed by atoms with Gasteiger partial charge in [0.15, 0.2) is 0 Å². The summed E-state index contributed by atoms with van der Waals surface area (Å²) in [5.74, 6) is -1.45. The van der Waals surface area contributed by atoms with Gasteiger partial charge in [-0.1, -0.05) is 24.3 Å². The van der Waals surface area contributed by atoms with Crippen LogP contribution in [0, 0.1) is 0 Å². The van der Waals surface area contributed by atoms with Gasteiger partial charge in [-0.3, -0.25) is 4.79 Å². The Morgan fingerprint density at radius 3 is 2.46 bits per heavy atom. The molecule has 0 spiro atoms. The van der Waals surface area contributed by atoms with Crippen LogP contribution in [0.4, 0.5) is 0 Å². The topological polar surface area (TPSA) is 94.5 Å². The fourth-order valence-corrected chi connectivity index (χ4v) is 3.64. The first-order valence-electron chi connectivity index (χ1n) is 8.45. The van der Waals surface area contributed by atoms with Crippen molar-refractivity contribution < 1.29 is 14.7 Å². The highest BCUT2D eigenvalue weighted by Gasteiger charge is 2.12. The number of amides is 1. The number of aromatic amines is 1. The maximum Gasteiger partial charge on any atom is 0.335 e. The number of carbonyl (C=O) groups is 2. The van der Waals surface area contributed by atoms with Crippen LogP contribution >= 0.6 is 11.3 Å². The Labute approximate surface area is 164 Å². The van der Waals surface area contributed by atoms with Crippen molar-refractivity contribution in [3.8, 4) is 10.6 Å². The van der Waals surface area contributed by atoms with E-state index in [4.69, 9.17) is 5.11 Å². The van der Waals surface area contributed by atoms with Crippen molar-refractivity contribution in [2.75, 3.05) is 0 Å². The first-order valence-corrected chi connectivity index (χ1v) is 9.33. The van der Waals surface area contributed by atoms with Crippen molar-refractivity contribution in [2.45, 2.75) is 0 Å². The highest BCUT2D eigenvalue weighted by Crippen LogP contribution is 2.31. The zero-order valence-electron chi connectivity index (χ0n) is 14.5. The van der Waals surface area contributed by atoms with E-state index in [1.54, 1.807) is 17.6 Å². The summed E-state index contributed by atoms with van der Waals surface area (Å²) in [5.41, 5.74) is 5.77. The van der Waals surface area contributed by atoms with Gasteiger partial charge >= 0.3 is 5.97 Å². The quantitative estimate of drug-likeness (QED) is 0.350. The Hall–Kier alpha value is -3.71. The molecule has 0 saturated heterocycles. The number of hydrazone groups is 1. The molecular formula is C21H15N3O3S. The summed E-state index contributed by atoms with van der Waals surface area (Å²) in [6.45, 7) is 0. The summed E-state index contributed by atoms with van der Waals surface area (Å²) in [4.78, 5) is 27.6. The number of carboxylic acid groups (broad SMARTS) is 1. The molecule has 28 heavy (non-hydrogen) atoms. The Balaban J connectivity index is 1.59. The number of aromatic nitrogens is 1. The first-order chi connectivity index (χ1) is 13.6.